The first-order valence-corrected chi connectivity index (χ1v) is 8.41. The van der Waals surface area contributed by atoms with Crippen LogP contribution in [0, 0.1) is 11.8 Å². The molecule has 2 fully saturated rings. The summed E-state index contributed by atoms with van der Waals surface area (Å²) in [6.45, 7) is 5.50. The number of carbonyl (C=O) groups is 1. The first-order chi connectivity index (χ1) is 9.34. The van der Waals surface area contributed by atoms with E-state index in [-0.39, 0.29) is 11.8 Å². The van der Waals surface area contributed by atoms with E-state index in [1.54, 1.807) is 4.90 Å². The van der Waals surface area contributed by atoms with E-state index < -0.39 is 10.2 Å². The lowest BCUT2D eigenvalue weighted by atomic mass is 9.88. The summed E-state index contributed by atoms with van der Waals surface area (Å²) in [4.78, 5) is 14.1. The molecule has 20 heavy (non-hydrogen) atoms. The van der Waals surface area contributed by atoms with Crippen molar-refractivity contribution in [3.63, 3.8) is 0 Å². The van der Waals surface area contributed by atoms with E-state index in [2.05, 4.69) is 5.32 Å². The van der Waals surface area contributed by atoms with Gasteiger partial charge >= 0.3 is 0 Å². The minimum atomic E-state index is -3.36. The van der Waals surface area contributed by atoms with Crippen molar-refractivity contribution in [2.75, 3.05) is 53.4 Å². The molecule has 2 saturated heterocycles. The van der Waals surface area contributed by atoms with Crippen molar-refractivity contribution in [1.82, 2.24) is 18.8 Å². The van der Waals surface area contributed by atoms with Gasteiger partial charge in [0.15, 0.2) is 0 Å². The summed E-state index contributed by atoms with van der Waals surface area (Å²) in [5, 5.41) is 3.18. The van der Waals surface area contributed by atoms with Crippen LogP contribution in [0.3, 0.4) is 0 Å². The lowest BCUT2D eigenvalue weighted by molar-refractivity contribution is -0.138. The van der Waals surface area contributed by atoms with Crippen molar-refractivity contribution in [2.45, 2.75) is 6.92 Å². The van der Waals surface area contributed by atoms with Crippen LogP contribution in [0.1, 0.15) is 6.92 Å². The molecule has 0 aromatic rings. The Hall–Kier alpha value is -0.700. The molecule has 0 spiro atoms. The molecule has 0 aromatic carbocycles. The van der Waals surface area contributed by atoms with Gasteiger partial charge in [-0.2, -0.15) is 17.0 Å². The van der Waals surface area contributed by atoms with Crippen molar-refractivity contribution in [3.8, 4) is 0 Å². The highest BCUT2D eigenvalue weighted by Gasteiger charge is 2.35. The van der Waals surface area contributed by atoms with Gasteiger partial charge in [-0.25, -0.2) is 0 Å². The summed E-state index contributed by atoms with van der Waals surface area (Å²) in [5.41, 5.74) is 0. The van der Waals surface area contributed by atoms with Crippen LogP contribution in [-0.2, 0) is 15.0 Å². The molecular weight excluding hydrogens is 280 g/mol. The maximum Gasteiger partial charge on any atom is 0.281 e. The van der Waals surface area contributed by atoms with Crippen LogP contribution in [0.4, 0.5) is 0 Å². The number of piperazine rings is 1. The average Bonchev–Trinajstić information content (AvgIpc) is 2.35. The maximum absolute atomic E-state index is 12.3. The van der Waals surface area contributed by atoms with E-state index in [1.807, 2.05) is 6.92 Å². The Bertz CT molecular complexity index is 453. The van der Waals surface area contributed by atoms with Crippen LogP contribution < -0.4 is 5.32 Å². The van der Waals surface area contributed by atoms with E-state index in [1.165, 1.54) is 22.7 Å². The van der Waals surface area contributed by atoms with Crippen molar-refractivity contribution in [2.24, 2.45) is 11.8 Å². The normalized spacial score (nSPS) is 23.7. The van der Waals surface area contributed by atoms with Gasteiger partial charge in [-0.1, -0.05) is 6.92 Å². The lowest BCUT2D eigenvalue weighted by Crippen LogP contribution is -2.56. The van der Waals surface area contributed by atoms with Crippen molar-refractivity contribution < 1.29 is 13.2 Å². The lowest BCUT2D eigenvalue weighted by Gasteiger charge is -2.39. The maximum atomic E-state index is 12.3. The van der Waals surface area contributed by atoms with Gasteiger partial charge in [0, 0.05) is 46.2 Å². The Balaban J connectivity index is 1.89. The molecule has 116 valence electrons. The zero-order chi connectivity index (χ0) is 14.9. The highest BCUT2D eigenvalue weighted by atomic mass is 32.2. The zero-order valence-electron chi connectivity index (χ0n) is 12.4. The Labute approximate surface area is 121 Å². The quantitative estimate of drug-likeness (QED) is 0.707. The summed E-state index contributed by atoms with van der Waals surface area (Å²) in [6, 6.07) is 0. The molecule has 1 N–H and O–H groups in total. The van der Waals surface area contributed by atoms with Gasteiger partial charge in [0.25, 0.3) is 10.2 Å². The monoisotopic (exact) mass is 304 g/mol. The van der Waals surface area contributed by atoms with Crippen LogP contribution in [0.15, 0.2) is 0 Å². The topological polar surface area (TPSA) is 73.0 Å². The molecule has 0 saturated carbocycles. The van der Waals surface area contributed by atoms with E-state index in [4.69, 9.17) is 0 Å². The van der Waals surface area contributed by atoms with Crippen LogP contribution >= 0.6 is 0 Å². The van der Waals surface area contributed by atoms with Gasteiger partial charge < -0.3 is 10.2 Å². The van der Waals surface area contributed by atoms with Gasteiger partial charge in [0.1, 0.15) is 0 Å². The van der Waals surface area contributed by atoms with Crippen molar-refractivity contribution in [3.05, 3.63) is 0 Å². The van der Waals surface area contributed by atoms with E-state index >= 15 is 0 Å². The Morgan fingerprint density at radius 1 is 1.20 bits per heavy atom. The SMILES string of the molecule is CC(C(=O)N1CCN(S(=O)(=O)N(C)C)CC1)C1CNC1. The van der Waals surface area contributed by atoms with Gasteiger partial charge in [-0.15, -0.1) is 0 Å². The number of amides is 1. The summed E-state index contributed by atoms with van der Waals surface area (Å²) in [5.74, 6) is 0.595. The molecular formula is C12H24N4O3S. The number of carbonyl (C=O) groups excluding carboxylic acids is 1. The molecule has 2 heterocycles. The largest absolute Gasteiger partial charge is 0.340 e. The predicted octanol–water partition coefficient (Wildman–Crippen LogP) is -1.21. The molecule has 8 heteroatoms. The highest BCUT2D eigenvalue weighted by Crippen LogP contribution is 2.20. The van der Waals surface area contributed by atoms with Gasteiger partial charge in [-0.3, -0.25) is 4.79 Å². The number of hydrogen-bond acceptors (Lipinski definition) is 4. The summed E-state index contributed by atoms with van der Waals surface area (Å²) in [7, 11) is -0.308. The second kappa shape index (κ2) is 5.97. The molecule has 0 aromatic heterocycles. The van der Waals surface area contributed by atoms with Gasteiger partial charge in [-0.05, 0) is 19.0 Å². The first-order valence-electron chi connectivity index (χ1n) is 7.01. The van der Waals surface area contributed by atoms with Crippen LogP contribution in [-0.4, -0.2) is 81.2 Å². The highest BCUT2D eigenvalue weighted by molar-refractivity contribution is 7.86. The smallest absolute Gasteiger partial charge is 0.281 e. The summed E-state index contributed by atoms with van der Waals surface area (Å²) >= 11 is 0. The molecule has 2 aliphatic heterocycles. The Morgan fingerprint density at radius 2 is 1.75 bits per heavy atom. The minimum absolute atomic E-state index is 0.0215. The molecule has 1 unspecified atom stereocenters. The van der Waals surface area contributed by atoms with E-state index in [9.17, 15) is 13.2 Å². The number of rotatable bonds is 4. The molecule has 1 atom stereocenters. The fourth-order valence-electron chi connectivity index (χ4n) is 2.52. The molecule has 7 nitrogen and oxygen atoms in total. The molecule has 0 bridgehead atoms. The van der Waals surface area contributed by atoms with Crippen molar-refractivity contribution in [1.29, 1.82) is 0 Å². The minimum Gasteiger partial charge on any atom is -0.340 e. The molecule has 2 rings (SSSR count). The first kappa shape index (κ1) is 15.7. The predicted molar refractivity (Wildman–Crippen MR) is 76.3 cm³/mol. The Kier molecular flexibility index (Phi) is 4.68. The summed E-state index contributed by atoms with van der Waals surface area (Å²) < 4.78 is 26.7. The number of hydrogen-bond donors (Lipinski definition) is 1. The van der Waals surface area contributed by atoms with E-state index in [0.717, 1.165) is 13.1 Å². The average molecular weight is 304 g/mol. The number of nitrogens with one attached hydrogen (secondary N) is 1. The third kappa shape index (κ3) is 2.98. The van der Waals surface area contributed by atoms with Crippen molar-refractivity contribution >= 4 is 16.1 Å². The standard InChI is InChI=1S/C12H24N4O3S/c1-10(11-8-13-9-11)12(17)15-4-6-16(7-5-15)20(18,19)14(2)3/h10-11,13H,4-9H2,1-3H3. The second-order valence-electron chi connectivity index (χ2n) is 5.72. The molecule has 2 aliphatic rings. The van der Waals surface area contributed by atoms with Gasteiger partial charge in [0.05, 0.1) is 0 Å². The second-order valence-corrected chi connectivity index (χ2v) is 7.86. The fraction of sp³-hybridized carbons (Fsp3) is 0.917. The van der Waals surface area contributed by atoms with Crippen LogP contribution in [0.2, 0.25) is 0 Å². The molecule has 0 radical (unpaired) electrons. The summed E-state index contributed by atoms with van der Waals surface area (Å²) in [6.07, 6.45) is 0. The van der Waals surface area contributed by atoms with Gasteiger partial charge in [0.2, 0.25) is 5.91 Å². The van der Waals surface area contributed by atoms with E-state index in [0.29, 0.717) is 32.1 Å². The van der Waals surface area contributed by atoms with Crippen LogP contribution in [0.5, 0.6) is 0 Å². The molecule has 1 amide bonds. The third-order valence-electron chi connectivity index (χ3n) is 4.25. The zero-order valence-corrected chi connectivity index (χ0v) is 13.2. The fourth-order valence-corrected chi connectivity index (χ4v) is 3.61. The third-order valence-corrected chi connectivity index (χ3v) is 6.19. The Morgan fingerprint density at radius 3 is 2.15 bits per heavy atom. The molecule has 0 aliphatic carbocycles. The number of nitrogens with zero attached hydrogens (tertiary/aromatic N) is 3. The van der Waals surface area contributed by atoms with Crippen LogP contribution in [0.25, 0.3) is 0 Å².